The average molecular weight is 383 g/mol. The maximum absolute atomic E-state index is 12.3. The zero-order valence-corrected chi connectivity index (χ0v) is 14.1. The minimum absolute atomic E-state index is 0.398. The molecule has 0 aliphatic heterocycles. The second-order valence-electron chi connectivity index (χ2n) is 4.99. The van der Waals surface area contributed by atoms with E-state index < -0.39 is 40.9 Å². The Kier molecular flexibility index (Phi) is 5.05. The van der Waals surface area contributed by atoms with Gasteiger partial charge in [0.1, 0.15) is 0 Å². The number of benzene rings is 1. The van der Waals surface area contributed by atoms with E-state index in [9.17, 15) is 17.4 Å². The van der Waals surface area contributed by atoms with Crippen molar-refractivity contribution in [2.75, 3.05) is 0 Å². The molecule has 0 fully saturated rings. The van der Waals surface area contributed by atoms with Gasteiger partial charge in [0, 0.05) is 0 Å². The van der Waals surface area contributed by atoms with Gasteiger partial charge in [0.25, 0.3) is 0 Å². The van der Waals surface area contributed by atoms with E-state index in [1.54, 1.807) is 5.41 Å². The fraction of sp³-hybridized carbons (Fsp3) is 0.333. The van der Waals surface area contributed by atoms with Crippen molar-refractivity contribution in [1.82, 2.24) is 0 Å². The molecular formula is C12H15F3OSSn. The van der Waals surface area contributed by atoms with Gasteiger partial charge in [-0.1, -0.05) is 0 Å². The summed E-state index contributed by atoms with van der Waals surface area (Å²) in [5.41, 5.74) is -0.720. The zero-order chi connectivity index (χ0) is 14.0. The molecule has 0 N–H and O–H groups in total. The van der Waals surface area contributed by atoms with Crippen LogP contribution in [0.15, 0.2) is 38.7 Å². The fourth-order valence-corrected chi connectivity index (χ4v) is 6.77. The van der Waals surface area contributed by atoms with Crippen molar-refractivity contribution in [3.8, 4) is 0 Å². The SMILES string of the molecule is [CH3][Sn]([CH3])([CH3])/[CH]=C/S(=O)c1ccc(C(F)(F)F)cc1. The molecule has 1 aromatic carbocycles. The summed E-state index contributed by atoms with van der Waals surface area (Å²) in [5, 5.41) is 1.60. The molecule has 1 nitrogen and oxygen atoms in total. The molecule has 1 rings (SSSR count). The van der Waals surface area contributed by atoms with Gasteiger partial charge < -0.3 is 0 Å². The Bertz CT molecular complexity index is 458. The Morgan fingerprint density at radius 2 is 1.61 bits per heavy atom. The van der Waals surface area contributed by atoms with Gasteiger partial charge in [0.05, 0.1) is 0 Å². The summed E-state index contributed by atoms with van der Waals surface area (Å²) in [4.78, 5) is 6.88. The van der Waals surface area contributed by atoms with Crippen LogP contribution < -0.4 is 0 Å². The molecule has 0 saturated heterocycles. The van der Waals surface area contributed by atoms with Crippen LogP contribution in [0.25, 0.3) is 0 Å². The van der Waals surface area contributed by atoms with E-state index in [2.05, 4.69) is 14.8 Å². The van der Waals surface area contributed by atoms with Crippen molar-refractivity contribution < 1.29 is 17.4 Å². The molecule has 0 saturated carbocycles. The fourth-order valence-electron chi connectivity index (χ4n) is 1.12. The van der Waals surface area contributed by atoms with Gasteiger partial charge in [-0.3, -0.25) is 0 Å². The van der Waals surface area contributed by atoms with E-state index >= 15 is 0 Å². The van der Waals surface area contributed by atoms with Crippen molar-refractivity contribution in [2.45, 2.75) is 25.9 Å². The number of rotatable bonds is 3. The number of hydrogen-bond donors (Lipinski definition) is 0. The molecular weight excluding hydrogens is 368 g/mol. The van der Waals surface area contributed by atoms with E-state index in [4.69, 9.17) is 0 Å². The quantitative estimate of drug-likeness (QED) is 0.716. The van der Waals surface area contributed by atoms with Crippen molar-refractivity contribution in [3.63, 3.8) is 0 Å². The van der Waals surface area contributed by atoms with Crippen LogP contribution in [-0.4, -0.2) is 22.6 Å². The molecule has 0 radical (unpaired) electrons. The maximum atomic E-state index is 12.3. The molecule has 1 atom stereocenters. The Morgan fingerprint density at radius 3 is 2.00 bits per heavy atom. The average Bonchev–Trinajstić information content (AvgIpc) is 2.24. The van der Waals surface area contributed by atoms with Crippen LogP contribution in [0.2, 0.25) is 14.8 Å². The van der Waals surface area contributed by atoms with Gasteiger partial charge in [-0.15, -0.1) is 0 Å². The van der Waals surface area contributed by atoms with Gasteiger partial charge in [-0.2, -0.15) is 0 Å². The van der Waals surface area contributed by atoms with Crippen LogP contribution in [0.4, 0.5) is 13.2 Å². The third-order valence-corrected chi connectivity index (χ3v) is 7.24. The summed E-state index contributed by atoms with van der Waals surface area (Å²) in [7, 11) is -1.36. The Balaban J connectivity index is 2.87. The molecule has 18 heavy (non-hydrogen) atoms. The third-order valence-electron chi connectivity index (χ3n) is 2.11. The van der Waals surface area contributed by atoms with Crippen molar-refractivity contribution >= 4 is 29.2 Å². The molecule has 0 aliphatic rings. The predicted octanol–water partition coefficient (Wildman–Crippen LogP) is 4.20. The predicted molar refractivity (Wildman–Crippen MR) is 70.3 cm³/mol. The van der Waals surface area contributed by atoms with Crippen LogP contribution in [0.5, 0.6) is 0 Å². The Labute approximate surface area is 111 Å². The van der Waals surface area contributed by atoms with Gasteiger partial charge >= 0.3 is 112 Å². The van der Waals surface area contributed by atoms with Gasteiger partial charge in [-0.25, -0.2) is 0 Å². The van der Waals surface area contributed by atoms with Crippen molar-refractivity contribution in [2.24, 2.45) is 0 Å². The second-order valence-corrected chi connectivity index (χ2v) is 20.8. The molecule has 0 spiro atoms. The van der Waals surface area contributed by atoms with E-state index in [1.165, 1.54) is 12.1 Å². The summed E-state index contributed by atoms with van der Waals surface area (Å²) in [6, 6.07) is 4.45. The summed E-state index contributed by atoms with van der Waals surface area (Å²) < 4.78 is 50.8. The molecule has 100 valence electrons. The normalized spacial score (nSPS) is 15.0. The van der Waals surface area contributed by atoms with E-state index in [1.807, 2.05) is 4.09 Å². The van der Waals surface area contributed by atoms with Gasteiger partial charge in [0.2, 0.25) is 0 Å². The first-order valence-corrected chi connectivity index (χ1v) is 16.8. The standard InChI is InChI=1S/C9H6F3OS.3CH3.Sn/c1-2-14(13)8-5-3-7(4-6-8)9(10,11)12;;;;/h1-6H;3*1H3;. The van der Waals surface area contributed by atoms with Crippen LogP contribution in [0.3, 0.4) is 0 Å². The van der Waals surface area contributed by atoms with Crippen LogP contribution in [-0.2, 0) is 17.0 Å². The molecule has 0 heterocycles. The first-order chi connectivity index (χ1) is 8.09. The van der Waals surface area contributed by atoms with E-state index in [0.717, 1.165) is 12.1 Å². The Morgan fingerprint density at radius 1 is 1.11 bits per heavy atom. The monoisotopic (exact) mass is 384 g/mol. The molecule has 0 aliphatic carbocycles. The molecule has 0 bridgehead atoms. The number of alkyl halides is 3. The molecule has 0 amide bonds. The molecule has 6 heteroatoms. The number of halogens is 3. The molecule has 0 aromatic heterocycles. The number of hydrogen-bond acceptors (Lipinski definition) is 1. The molecule has 1 aromatic rings. The van der Waals surface area contributed by atoms with Gasteiger partial charge in [0.15, 0.2) is 0 Å². The summed E-state index contributed by atoms with van der Waals surface area (Å²) in [6.45, 7) is 0. The first kappa shape index (κ1) is 15.8. The third kappa shape index (κ3) is 5.14. The van der Waals surface area contributed by atoms with Crippen molar-refractivity contribution in [1.29, 1.82) is 0 Å². The topological polar surface area (TPSA) is 17.1 Å². The van der Waals surface area contributed by atoms with Crippen LogP contribution >= 0.6 is 0 Å². The molecule has 1 unspecified atom stereocenters. The zero-order valence-electron chi connectivity index (χ0n) is 10.4. The van der Waals surface area contributed by atoms with Crippen LogP contribution in [0.1, 0.15) is 5.56 Å². The second kappa shape index (κ2) is 5.77. The summed E-state index contributed by atoms with van der Waals surface area (Å²) in [5.74, 6) is 0. The van der Waals surface area contributed by atoms with Crippen molar-refractivity contribution in [3.05, 3.63) is 39.3 Å². The van der Waals surface area contributed by atoms with Crippen LogP contribution in [0, 0.1) is 0 Å². The Hall–Kier alpha value is -0.301. The van der Waals surface area contributed by atoms with E-state index in [0.29, 0.717) is 4.90 Å². The van der Waals surface area contributed by atoms with E-state index in [-0.39, 0.29) is 0 Å². The first-order valence-electron chi connectivity index (χ1n) is 5.37. The minimum atomic E-state index is -4.35. The summed E-state index contributed by atoms with van der Waals surface area (Å²) in [6.07, 6.45) is -4.35. The summed E-state index contributed by atoms with van der Waals surface area (Å²) >= 11 is -2.13. The van der Waals surface area contributed by atoms with Gasteiger partial charge in [-0.05, 0) is 0 Å².